The summed E-state index contributed by atoms with van der Waals surface area (Å²) in [6.45, 7) is 1.90. The van der Waals surface area contributed by atoms with Gasteiger partial charge in [0, 0.05) is 23.2 Å². The highest BCUT2D eigenvalue weighted by Crippen LogP contribution is 2.23. The van der Waals surface area contributed by atoms with Crippen molar-refractivity contribution < 1.29 is 13.9 Å². The van der Waals surface area contributed by atoms with Crippen molar-refractivity contribution >= 4 is 22.6 Å². The predicted octanol–water partition coefficient (Wildman–Crippen LogP) is 3.67. The van der Waals surface area contributed by atoms with Crippen molar-refractivity contribution in [2.24, 2.45) is 0 Å². The molecule has 0 radical (unpaired) electrons. The Labute approximate surface area is 178 Å². The Hall–Kier alpha value is -3.78. The van der Waals surface area contributed by atoms with E-state index in [2.05, 4.69) is 25.6 Å². The molecule has 31 heavy (non-hydrogen) atoms. The normalized spacial score (nSPS) is 14.5. The van der Waals surface area contributed by atoms with Gasteiger partial charge in [-0.15, -0.1) is 0 Å². The highest BCUT2D eigenvalue weighted by Gasteiger charge is 2.16. The molecule has 3 aromatic heterocycles. The zero-order valence-corrected chi connectivity index (χ0v) is 16.7. The zero-order chi connectivity index (χ0) is 21.0. The molecule has 1 fully saturated rings. The Morgan fingerprint density at radius 3 is 2.87 bits per heavy atom. The molecule has 1 aliphatic heterocycles. The van der Waals surface area contributed by atoms with Gasteiger partial charge in [-0.2, -0.15) is 0 Å². The highest BCUT2D eigenvalue weighted by molar-refractivity contribution is 6.04. The van der Waals surface area contributed by atoms with E-state index in [1.165, 1.54) is 6.39 Å². The van der Waals surface area contributed by atoms with Crippen molar-refractivity contribution in [3.63, 3.8) is 0 Å². The number of piperidine rings is 1. The summed E-state index contributed by atoms with van der Waals surface area (Å²) in [5.41, 5.74) is 1.87. The van der Waals surface area contributed by atoms with E-state index in [0.717, 1.165) is 31.3 Å². The number of aromatic nitrogens is 3. The van der Waals surface area contributed by atoms with Gasteiger partial charge in [0.1, 0.15) is 23.4 Å². The van der Waals surface area contributed by atoms with E-state index in [-0.39, 0.29) is 12.0 Å². The number of pyridine rings is 2. The summed E-state index contributed by atoms with van der Waals surface area (Å²) in [6.07, 6.45) is 6.74. The van der Waals surface area contributed by atoms with Crippen molar-refractivity contribution in [2.75, 3.05) is 18.4 Å². The number of oxazole rings is 1. The molecule has 1 saturated heterocycles. The monoisotopic (exact) mass is 415 g/mol. The summed E-state index contributed by atoms with van der Waals surface area (Å²) in [7, 11) is 0. The molecule has 1 aromatic carbocycles. The Morgan fingerprint density at radius 1 is 1.13 bits per heavy atom. The van der Waals surface area contributed by atoms with Crippen LogP contribution < -0.4 is 15.4 Å². The summed E-state index contributed by atoms with van der Waals surface area (Å²) >= 11 is 0. The SMILES string of the molecule is O=C(Nc1cc2nc(-c3cnco3)ccc2cn1)c1cccc(OC2CCNCC2)c1. The number of carbonyl (C=O) groups excluding carboxylic acids is 1. The van der Waals surface area contributed by atoms with Gasteiger partial charge < -0.3 is 19.8 Å². The summed E-state index contributed by atoms with van der Waals surface area (Å²) < 4.78 is 11.4. The Kier molecular flexibility index (Phi) is 5.28. The van der Waals surface area contributed by atoms with Crippen LogP contribution >= 0.6 is 0 Å². The second kappa shape index (κ2) is 8.53. The van der Waals surface area contributed by atoms with E-state index < -0.39 is 0 Å². The lowest BCUT2D eigenvalue weighted by atomic mass is 10.1. The minimum Gasteiger partial charge on any atom is -0.490 e. The lowest BCUT2D eigenvalue weighted by Crippen LogP contribution is -2.34. The number of rotatable bonds is 5. The Balaban J connectivity index is 1.33. The molecule has 1 amide bonds. The van der Waals surface area contributed by atoms with Crippen LogP contribution in [-0.2, 0) is 0 Å². The van der Waals surface area contributed by atoms with E-state index >= 15 is 0 Å². The lowest BCUT2D eigenvalue weighted by molar-refractivity contribution is 0.102. The molecule has 8 nitrogen and oxygen atoms in total. The number of fused-ring (bicyclic) bond motifs is 1. The Bertz CT molecular complexity index is 1200. The van der Waals surface area contributed by atoms with Crippen LogP contribution in [0.1, 0.15) is 23.2 Å². The third-order valence-corrected chi connectivity index (χ3v) is 5.19. The molecular formula is C23H21N5O3. The average molecular weight is 415 g/mol. The number of amides is 1. The topological polar surface area (TPSA) is 102 Å². The summed E-state index contributed by atoms with van der Waals surface area (Å²) in [4.78, 5) is 25.6. The van der Waals surface area contributed by atoms with Crippen LogP contribution in [0.4, 0.5) is 5.82 Å². The van der Waals surface area contributed by atoms with E-state index in [1.54, 1.807) is 30.6 Å². The van der Waals surface area contributed by atoms with Crippen LogP contribution in [0.15, 0.2) is 65.7 Å². The molecule has 5 rings (SSSR count). The zero-order valence-electron chi connectivity index (χ0n) is 16.7. The number of anilines is 1. The van der Waals surface area contributed by atoms with Gasteiger partial charge in [0.15, 0.2) is 12.2 Å². The van der Waals surface area contributed by atoms with Gasteiger partial charge in [0.25, 0.3) is 5.91 Å². The molecule has 2 N–H and O–H groups in total. The molecule has 0 aliphatic carbocycles. The maximum atomic E-state index is 12.8. The summed E-state index contributed by atoms with van der Waals surface area (Å²) in [5, 5.41) is 7.02. The van der Waals surface area contributed by atoms with Crippen LogP contribution in [0.5, 0.6) is 5.75 Å². The fourth-order valence-electron chi connectivity index (χ4n) is 3.57. The van der Waals surface area contributed by atoms with Crippen LogP contribution in [0.2, 0.25) is 0 Å². The van der Waals surface area contributed by atoms with Gasteiger partial charge in [0.2, 0.25) is 0 Å². The van der Waals surface area contributed by atoms with Crippen LogP contribution in [-0.4, -0.2) is 40.1 Å². The molecule has 0 saturated carbocycles. The molecule has 0 unspecified atom stereocenters. The van der Waals surface area contributed by atoms with Crippen molar-refractivity contribution in [1.29, 1.82) is 0 Å². The molecule has 4 aromatic rings. The van der Waals surface area contributed by atoms with E-state index in [0.29, 0.717) is 34.1 Å². The quantitative estimate of drug-likeness (QED) is 0.513. The minimum absolute atomic E-state index is 0.173. The minimum atomic E-state index is -0.256. The first-order chi connectivity index (χ1) is 15.2. The third kappa shape index (κ3) is 4.39. The van der Waals surface area contributed by atoms with Crippen molar-refractivity contribution in [2.45, 2.75) is 18.9 Å². The summed E-state index contributed by atoms with van der Waals surface area (Å²) in [5.74, 6) is 1.44. The number of ether oxygens (including phenoxy) is 1. The molecular weight excluding hydrogens is 394 g/mol. The van der Waals surface area contributed by atoms with E-state index in [4.69, 9.17) is 9.15 Å². The number of hydrogen-bond donors (Lipinski definition) is 2. The third-order valence-electron chi connectivity index (χ3n) is 5.19. The lowest BCUT2D eigenvalue weighted by Gasteiger charge is -2.24. The first-order valence-electron chi connectivity index (χ1n) is 10.2. The van der Waals surface area contributed by atoms with Gasteiger partial charge in [-0.1, -0.05) is 6.07 Å². The summed E-state index contributed by atoms with van der Waals surface area (Å²) in [6, 6.07) is 12.7. The van der Waals surface area contributed by atoms with Gasteiger partial charge >= 0.3 is 0 Å². The van der Waals surface area contributed by atoms with Gasteiger partial charge in [-0.05, 0) is 56.3 Å². The molecule has 0 spiro atoms. The Morgan fingerprint density at radius 2 is 2.03 bits per heavy atom. The molecule has 1 aliphatic rings. The van der Waals surface area contributed by atoms with Crippen molar-refractivity contribution in [1.82, 2.24) is 20.3 Å². The first kappa shape index (κ1) is 19.2. The van der Waals surface area contributed by atoms with Crippen molar-refractivity contribution in [3.05, 3.63) is 66.8 Å². The van der Waals surface area contributed by atoms with Crippen LogP contribution in [0, 0.1) is 0 Å². The number of benzene rings is 1. The molecule has 0 atom stereocenters. The number of carbonyl (C=O) groups is 1. The van der Waals surface area contributed by atoms with Gasteiger partial charge in [-0.3, -0.25) is 4.79 Å². The van der Waals surface area contributed by atoms with Crippen molar-refractivity contribution in [3.8, 4) is 17.2 Å². The fraction of sp³-hybridized carbons (Fsp3) is 0.217. The van der Waals surface area contributed by atoms with Gasteiger partial charge in [-0.25, -0.2) is 15.0 Å². The number of nitrogens with one attached hydrogen (secondary N) is 2. The predicted molar refractivity (Wildman–Crippen MR) is 116 cm³/mol. The smallest absolute Gasteiger partial charge is 0.256 e. The molecule has 156 valence electrons. The van der Waals surface area contributed by atoms with Crippen LogP contribution in [0.25, 0.3) is 22.4 Å². The largest absolute Gasteiger partial charge is 0.490 e. The van der Waals surface area contributed by atoms with E-state index in [1.807, 2.05) is 24.3 Å². The maximum absolute atomic E-state index is 12.8. The number of nitrogens with zero attached hydrogens (tertiary/aromatic N) is 3. The highest BCUT2D eigenvalue weighted by atomic mass is 16.5. The van der Waals surface area contributed by atoms with Crippen LogP contribution in [0.3, 0.4) is 0 Å². The second-order valence-corrected chi connectivity index (χ2v) is 7.37. The molecule has 0 bridgehead atoms. The average Bonchev–Trinajstić information content (AvgIpc) is 3.34. The first-order valence-corrected chi connectivity index (χ1v) is 10.2. The van der Waals surface area contributed by atoms with Gasteiger partial charge in [0.05, 0.1) is 11.7 Å². The fourth-order valence-corrected chi connectivity index (χ4v) is 3.57. The van der Waals surface area contributed by atoms with E-state index in [9.17, 15) is 4.79 Å². The standard InChI is InChI=1S/C23H21N5O3/c29-23(15-2-1-3-18(10-15)31-17-6-8-24-9-7-17)28-22-11-20-16(12-26-22)4-5-19(27-20)21-13-25-14-30-21/h1-5,10-14,17,24H,6-9H2,(H,26,28,29). The second-order valence-electron chi connectivity index (χ2n) is 7.37. The number of hydrogen-bond acceptors (Lipinski definition) is 7. The maximum Gasteiger partial charge on any atom is 0.256 e. The molecule has 4 heterocycles. The molecule has 8 heteroatoms.